The summed E-state index contributed by atoms with van der Waals surface area (Å²) in [4.78, 5) is 22.8. The van der Waals surface area contributed by atoms with Crippen LogP contribution in [0.15, 0.2) is 41.2 Å². The van der Waals surface area contributed by atoms with Gasteiger partial charge in [-0.05, 0) is 24.3 Å². The molecule has 0 spiro atoms. The van der Waals surface area contributed by atoms with Crippen molar-refractivity contribution >= 4 is 38.8 Å². The molecule has 0 atom stereocenters. The quantitative estimate of drug-likeness (QED) is 0.418. The van der Waals surface area contributed by atoms with Crippen molar-refractivity contribution < 1.29 is 0 Å². The highest BCUT2D eigenvalue weighted by Gasteiger charge is 2.08. The number of pyridine rings is 1. The molecule has 0 aliphatic rings. The van der Waals surface area contributed by atoms with Crippen LogP contribution in [0.25, 0.3) is 32.8 Å². The van der Waals surface area contributed by atoms with E-state index in [4.69, 9.17) is 5.73 Å². The Morgan fingerprint density at radius 2 is 1.79 bits per heavy atom. The fourth-order valence-electron chi connectivity index (χ4n) is 2.45. The molecule has 5 nitrogen and oxygen atoms in total. The largest absolute Gasteiger partial charge is 0.369 e. The van der Waals surface area contributed by atoms with Crippen LogP contribution < -0.4 is 11.2 Å². The Kier molecular flexibility index (Phi) is 1.79. The van der Waals surface area contributed by atoms with E-state index < -0.39 is 0 Å². The number of rotatable bonds is 0. The maximum Gasteiger partial charge on any atom is 0.198 e. The molecule has 0 radical (unpaired) electrons. The smallest absolute Gasteiger partial charge is 0.198 e. The predicted octanol–water partition coefficient (Wildman–Crippen LogP) is 2.14. The highest BCUT2D eigenvalue weighted by molar-refractivity contribution is 5.99. The van der Waals surface area contributed by atoms with Gasteiger partial charge in [-0.3, -0.25) is 4.79 Å². The molecule has 2 heterocycles. The Bertz CT molecular complexity index is 997. The van der Waals surface area contributed by atoms with E-state index >= 15 is 0 Å². The molecule has 92 valence electrons. The number of benzene rings is 2. The molecule has 19 heavy (non-hydrogen) atoms. The molecule has 0 fully saturated rings. The first kappa shape index (κ1) is 10.1. The summed E-state index contributed by atoms with van der Waals surface area (Å²) in [5, 5.41) is 1.32. The molecular weight excluding hydrogens is 240 g/mol. The second kappa shape index (κ2) is 3.35. The SMILES string of the molecule is Nc1nc2cc3[nH]c4ccccc4c(=O)c3cc2[nH]1. The van der Waals surface area contributed by atoms with Gasteiger partial charge in [0.25, 0.3) is 0 Å². The lowest BCUT2D eigenvalue weighted by Crippen LogP contribution is -2.03. The lowest BCUT2D eigenvalue weighted by atomic mass is 10.1. The van der Waals surface area contributed by atoms with Gasteiger partial charge >= 0.3 is 0 Å². The first-order chi connectivity index (χ1) is 9.22. The summed E-state index contributed by atoms with van der Waals surface area (Å²) in [5.74, 6) is 0.349. The number of hydrogen-bond donors (Lipinski definition) is 3. The van der Waals surface area contributed by atoms with E-state index in [9.17, 15) is 4.79 Å². The van der Waals surface area contributed by atoms with Crippen molar-refractivity contribution in [3.05, 3.63) is 46.6 Å². The maximum atomic E-state index is 12.5. The van der Waals surface area contributed by atoms with Crippen LogP contribution in [-0.4, -0.2) is 15.0 Å². The average Bonchev–Trinajstić information content (AvgIpc) is 2.76. The van der Waals surface area contributed by atoms with Crippen LogP contribution in [0.3, 0.4) is 0 Å². The van der Waals surface area contributed by atoms with Gasteiger partial charge in [0.2, 0.25) is 0 Å². The summed E-state index contributed by atoms with van der Waals surface area (Å²) in [6.45, 7) is 0. The Hall–Kier alpha value is -2.82. The van der Waals surface area contributed by atoms with E-state index in [0.29, 0.717) is 16.7 Å². The van der Waals surface area contributed by atoms with Gasteiger partial charge in [-0.25, -0.2) is 4.98 Å². The highest BCUT2D eigenvalue weighted by Crippen LogP contribution is 2.20. The molecule has 0 saturated carbocycles. The van der Waals surface area contributed by atoms with E-state index in [1.54, 1.807) is 6.07 Å². The number of aromatic amines is 2. The van der Waals surface area contributed by atoms with Crippen LogP contribution in [0.1, 0.15) is 0 Å². The number of H-pyrrole nitrogens is 2. The number of nitrogens with two attached hydrogens (primary N) is 1. The Balaban J connectivity index is 2.28. The highest BCUT2D eigenvalue weighted by atomic mass is 16.1. The van der Waals surface area contributed by atoms with Crippen molar-refractivity contribution in [3.63, 3.8) is 0 Å². The molecule has 0 aliphatic carbocycles. The van der Waals surface area contributed by atoms with Crippen LogP contribution in [0, 0.1) is 0 Å². The molecule has 0 bridgehead atoms. The van der Waals surface area contributed by atoms with Crippen molar-refractivity contribution in [1.29, 1.82) is 0 Å². The maximum absolute atomic E-state index is 12.5. The Morgan fingerprint density at radius 1 is 0.947 bits per heavy atom. The Morgan fingerprint density at radius 3 is 2.68 bits per heavy atom. The van der Waals surface area contributed by atoms with Crippen molar-refractivity contribution in [2.24, 2.45) is 0 Å². The van der Waals surface area contributed by atoms with Gasteiger partial charge in [-0.1, -0.05) is 12.1 Å². The zero-order valence-electron chi connectivity index (χ0n) is 9.90. The van der Waals surface area contributed by atoms with Crippen molar-refractivity contribution in [1.82, 2.24) is 15.0 Å². The molecule has 0 amide bonds. The molecule has 2 aromatic heterocycles. The minimum Gasteiger partial charge on any atom is -0.369 e. The predicted molar refractivity (Wildman–Crippen MR) is 76.1 cm³/mol. The number of fused-ring (bicyclic) bond motifs is 3. The molecule has 2 aromatic carbocycles. The van der Waals surface area contributed by atoms with Gasteiger partial charge < -0.3 is 15.7 Å². The van der Waals surface area contributed by atoms with E-state index in [1.807, 2.05) is 30.3 Å². The van der Waals surface area contributed by atoms with Gasteiger partial charge in [0.1, 0.15) is 0 Å². The normalized spacial score (nSPS) is 11.6. The third-order valence-electron chi connectivity index (χ3n) is 3.33. The van der Waals surface area contributed by atoms with Gasteiger partial charge in [-0.15, -0.1) is 0 Å². The lowest BCUT2D eigenvalue weighted by molar-refractivity contribution is 1.35. The zero-order valence-corrected chi connectivity index (χ0v) is 9.90. The fraction of sp³-hybridized carbons (Fsp3) is 0. The van der Waals surface area contributed by atoms with Crippen molar-refractivity contribution in [2.45, 2.75) is 0 Å². The molecule has 4 aromatic rings. The molecule has 4 rings (SSSR count). The number of nitrogens with zero attached hydrogens (tertiary/aromatic N) is 1. The Labute approximate surface area is 107 Å². The minimum atomic E-state index is 0.0134. The summed E-state index contributed by atoms with van der Waals surface area (Å²) in [6.07, 6.45) is 0. The van der Waals surface area contributed by atoms with Gasteiger partial charge in [0.05, 0.1) is 16.6 Å². The summed E-state index contributed by atoms with van der Waals surface area (Å²) in [6, 6.07) is 11.1. The van der Waals surface area contributed by atoms with Crippen LogP contribution in [0.5, 0.6) is 0 Å². The van der Waals surface area contributed by atoms with Gasteiger partial charge in [0, 0.05) is 16.3 Å². The number of hydrogen-bond acceptors (Lipinski definition) is 3. The third-order valence-corrected chi connectivity index (χ3v) is 3.33. The van der Waals surface area contributed by atoms with E-state index in [-0.39, 0.29) is 5.43 Å². The van der Waals surface area contributed by atoms with Crippen LogP contribution in [0.2, 0.25) is 0 Å². The molecule has 5 heteroatoms. The van der Waals surface area contributed by atoms with E-state index in [1.165, 1.54) is 0 Å². The van der Waals surface area contributed by atoms with Crippen molar-refractivity contribution in [3.8, 4) is 0 Å². The van der Waals surface area contributed by atoms with Crippen LogP contribution in [0.4, 0.5) is 5.95 Å². The lowest BCUT2D eigenvalue weighted by Gasteiger charge is -2.02. The fourth-order valence-corrected chi connectivity index (χ4v) is 2.45. The second-order valence-corrected chi connectivity index (χ2v) is 4.54. The number of nitrogens with one attached hydrogen (secondary N) is 2. The van der Waals surface area contributed by atoms with Crippen LogP contribution in [-0.2, 0) is 0 Å². The molecule has 0 aliphatic heterocycles. The number of nitrogen functional groups attached to an aromatic ring is 1. The van der Waals surface area contributed by atoms with E-state index in [2.05, 4.69) is 15.0 Å². The average molecular weight is 250 g/mol. The van der Waals surface area contributed by atoms with Gasteiger partial charge in [0.15, 0.2) is 11.4 Å². The summed E-state index contributed by atoms with van der Waals surface area (Å²) in [7, 11) is 0. The topological polar surface area (TPSA) is 87.6 Å². The standard InChI is InChI=1S/C14H10N4O/c15-14-17-11-5-8-10(6-12(11)18-14)16-9-4-2-1-3-7(9)13(8)19/h1-6H,(H,16,19)(H3,15,17,18). The molecular formula is C14H10N4O. The van der Waals surface area contributed by atoms with Gasteiger partial charge in [-0.2, -0.15) is 0 Å². The number of anilines is 1. The summed E-state index contributed by atoms with van der Waals surface area (Å²) in [5.41, 5.74) is 8.75. The molecule has 0 saturated heterocycles. The molecule has 0 unspecified atom stereocenters. The summed E-state index contributed by atoms with van der Waals surface area (Å²) >= 11 is 0. The van der Waals surface area contributed by atoms with E-state index in [0.717, 1.165) is 22.1 Å². The summed E-state index contributed by atoms with van der Waals surface area (Å²) < 4.78 is 0. The first-order valence-electron chi connectivity index (χ1n) is 5.92. The number of imidazole rings is 1. The monoisotopic (exact) mass is 250 g/mol. The second-order valence-electron chi connectivity index (χ2n) is 4.54. The third kappa shape index (κ3) is 1.35. The first-order valence-corrected chi connectivity index (χ1v) is 5.92. The minimum absolute atomic E-state index is 0.0134. The number of para-hydroxylation sites is 1. The number of aromatic nitrogens is 3. The van der Waals surface area contributed by atoms with Crippen molar-refractivity contribution in [2.75, 3.05) is 5.73 Å². The molecule has 4 N–H and O–H groups in total. The van der Waals surface area contributed by atoms with Crippen LogP contribution >= 0.6 is 0 Å². The zero-order chi connectivity index (χ0) is 13.0.